The van der Waals surface area contributed by atoms with Crippen molar-refractivity contribution < 1.29 is 14.3 Å². The number of para-hydroxylation sites is 1. The highest BCUT2D eigenvalue weighted by Gasteiger charge is 2.19. The lowest BCUT2D eigenvalue weighted by Crippen LogP contribution is -2.35. The van der Waals surface area contributed by atoms with Gasteiger partial charge in [-0.15, -0.1) is 0 Å². The van der Waals surface area contributed by atoms with Crippen LogP contribution in [0.25, 0.3) is 0 Å². The van der Waals surface area contributed by atoms with Gasteiger partial charge in [0.25, 0.3) is 5.91 Å². The molecule has 25 heavy (non-hydrogen) atoms. The second kappa shape index (κ2) is 8.71. The van der Waals surface area contributed by atoms with E-state index in [-0.39, 0.29) is 24.2 Å². The molecule has 0 atom stereocenters. The number of amides is 1. The molecule has 6 nitrogen and oxygen atoms in total. The molecule has 0 bridgehead atoms. The van der Waals surface area contributed by atoms with Gasteiger partial charge in [0.05, 0.1) is 18.1 Å². The zero-order valence-electron chi connectivity index (χ0n) is 13.3. The highest BCUT2D eigenvalue weighted by Crippen LogP contribution is 2.19. The van der Waals surface area contributed by atoms with Gasteiger partial charge in [-0.1, -0.05) is 29.8 Å². The summed E-state index contributed by atoms with van der Waals surface area (Å²) in [6, 6.07) is 15.3. The van der Waals surface area contributed by atoms with Crippen molar-refractivity contribution in [1.82, 2.24) is 0 Å². The Bertz CT molecular complexity index is 803. The largest absolute Gasteiger partial charge is 0.452 e. The number of halogens is 1. The van der Waals surface area contributed by atoms with Crippen molar-refractivity contribution in [2.75, 3.05) is 23.8 Å². The molecule has 0 saturated carbocycles. The lowest BCUT2D eigenvalue weighted by Gasteiger charge is -2.21. The van der Waals surface area contributed by atoms with Crippen LogP contribution in [0.15, 0.2) is 48.5 Å². The Labute approximate surface area is 150 Å². The molecular weight excluding hydrogens is 342 g/mol. The third kappa shape index (κ3) is 4.96. The zero-order valence-corrected chi connectivity index (χ0v) is 14.1. The van der Waals surface area contributed by atoms with Crippen molar-refractivity contribution in [3.8, 4) is 6.07 Å². The molecule has 0 spiro atoms. The Balaban J connectivity index is 2.05. The molecule has 0 aliphatic carbocycles. The average molecular weight is 358 g/mol. The topological polar surface area (TPSA) is 96.4 Å². The lowest BCUT2D eigenvalue weighted by molar-refractivity contribution is -0.121. The standard InChI is InChI=1S/C18H16ClN3O3/c19-13-7-8-15(16(21)11-13)18(24)25-12-17(23)22(10-4-9-20)14-5-2-1-3-6-14/h1-3,5-8,11H,4,10,12,21H2. The number of carbonyl (C=O) groups is 2. The van der Waals surface area contributed by atoms with E-state index in [1.54, 1.807) is 24.3 Å². The Morgan fingerprint density at radius 2 is 1.92 bits per heavy atom. The van der Waals surface area contributed by atoms with Gasteiger partial charge >= 0.3 is 5.97 Å². The molecular formula is C18H16ClN3O3. The Kier molecular flexibility index (Phi) is 6.38. The highest BCUT2D eigenvalue weighted by molar-refractivity contribution is 6.31. The van der Waals surface area contributed by atoms with Crippen molar-refractivity contribution >= 4 is 34.9 Å². The summed E-state index contributed by atoms with van der Waals surface area (Å²) in [7, 11) is 0. The van der Waals surface area contributed by atoms with Gasteiger partial charge in [0.1, 0.15) is 0 Å². The minimum Gasteiger partial charge on any atom is -0.452 e. The van der Waals surface area contributed by atoms with E-state index in [1.165, 1.54) is 23.1 Å². The summed E-state index contributed by atoms with van der Waals surface area (Å²) in [6.07, 6.45) is 0.165. The molecule has 2 rings (SSSR count). The normalized spacial score (nSPS) is 9.92. The van der Waals surface area contributed by atoms with Crippen LogP contribution < -0.4 is 10.6 Å². The van der Waals surface area contributed by atoms with Gasteiger partial charge in [-0.2, -0.15) is 5.26 Å². The molecule has 0 radical (unpaired) electrons. The second-order valence-corrected chi connectivity index (χ2v) is 5.53. The molecule has 0 saturated heterocycles. The summed E-state index contributed by atoms with van der Waals surface area (Å²) in [6.45, 7) is -0.249. The van der Waals surface area contributed by atoms with E-state index in [4.69, 9.17) is 27.3 Å². The monoisotopic (exact) mass is 357 g/mol. The van der Waals surface area contributed by atoms with Crippen molar-refractivity contribution in [2.24, 2.45) is 0 Å². The molecule has 2 aromatic rings. The van der Waals surface area contributed by atoms with Crippen LogP contribution in [0.3, 0.4) is 0 Å². The third-order valence-corrected chi connectivity index (χ3v) is 3.61. The molecule has 7 heteroatoms. The molecule has 128 valence electrons. The maximum atomic E-state index is 12.4. The van der Waals surface area contributed by atoms with Crippen molar-refractivity contribution in [3.63, 3.8) is 0 Å². The number of nitrogens with two attached hydrogens (primary N) is 1. The molecule has 0 heterocycles. The first kappa shape index (κ1) is 18.3. The van der Waals surface area contributed by atoms with Gasteiger partial charge in [0.15, 0.2) is 6.61 Å². The fourth-order valence-corrected chi connectivity index (χ4v) is 2.35. The fraction of sp³-hybridized carbons (Fsp3) is 0.167. The number of nitrogen functional groups attached to an aromatic ring is 1. The number of ether oxygens (including phenoxy) is 1. The van der Waals surface area contributed by atoms with Gasteiger partial charge in [0.2, 0.25) is 0 Å². The minimum atomic E-state index is -0.712. The first-order valence-corrected chi connectivity index (χ1v) is 7.85. The number of rotatable bonds is 6. The number of hydrogen-bond donors (Lipinski definition) is 1. The summed E-state index contributed by atoms with van der Waals surface area (Å²) in [5.41, 5.74) is 6.67. The van der Waals surface area contributed by atoms with Crippen LogP contribution in [0.2, 0.25) is 5.02 Å². The van der Waals surface area contributed by atoms with Gasteiger partial charge in [-0.3, -0.25) is 4.79 Å². The smallest absolute Gasteiger partial charge is 0.340 e. The molecule has 0 aliphatic rings. The Hall–Kier alpha value is -3.04. The third-order valence-electron chi connectivity index (χ3n) is 3.38. The number of nitriles is 1. The van der Waals surface area contributed by atoms with E-state index in [0.717, 1.165) is 0 Å². The number of esters is 1. The van der Waals surface area contributed by atoms with Crippen LogP contribution in [0.5, 0.6) is 0 Å². The van der Waals surface area contributed by atoms with E-state index in [9.17, 15) is 9.59 Å². The van der Waals surface area contributed by atoms with Crippen LogP contribution in [0.1, 0.15) is 16.8 Å². The number of benzene rings is 2. The molecule has 1 amide bonds. The first-order chi connectivity index (χ1) is 12.0. The summed E-state index contributed by atoms with van der Waals surface area (Å²) in [4.78, 5) is 25.9. The molecule has 0 aromatic heterocycles. The molecule has 0 unspecified atom stereocenters. The molecule has 0 aliphatic heterocycles. The van der Waals surface area contributed by atoms with Crippen LogP contribution in [-0.4, -0.2) is 25.0 Å². The quantitative estimate of drug-likeness (QED) is 0.633. The number of hydrogen-bond acceptors (Lipinski definition) is 5. The van der Waals surface area contributed by atoms with E-state index in [2.05, 4.69) is 0 Å². The summed E-state index contributed by atoms with van der Waals surface area (Å²) in [5.74, 6) is -1.14. The summed E-state index contributed by atoms with van der Waals surface area (Å²) >= 11 is 5.79. The predicted octanol–water partition coefficient (Wildman–Crippen LogP) is 3.03. The van der Waals surface area contributed by atoms with E-state index in [1.807, 2.05) is 12.1 Å². The fourth-order valence-electron chi connectivity index (χ4n) is 2.17. The predicted molar refractivity (Wildman–Crippen MR) is 95.2 cm³/mol. The lowest BCUT2D eigenvalue weighted by atomic mass is 10.2. The summed E-state index contributed by atoms with van der Waals surface area (Å²) < 4.78 is 5.06. The molecule has 0 fully saturated rings. The summed E-state index contributed by atoms with van der Waals surface area (Å²) in [5, 5.41) is 9.17. The minimum absolute atomic E-state index is 0.139. The van der Waals surface area contributed by atoms with Gasteiger partial charge in [-0.25, -0.2) is 4.79 Å². The second-order valence-electron chi connectivity index (χ2n) is 5.10. The SMILES string of the molecule is N#CCCN(C(=O)COC(=O)c1ccc(Cl)cc1N)c1ccccc1. The van der Waals surface area contributed by atoms with E-state index in [0.29, 0.717) is 10.7 Å². The Morgan fingerprint density at radius 1 is 1.20 bits per heavy atom. The van der Waals surface area contributed by atoms with Gasteiger partial charge in [0, 0.05) is 22.9 Å². The maximum Gasteiger partial charge on any atom is 0.340 e. The van der Waals surface area contributed by atoms with Crippen LogP contribution in [0, 0.1) is 11.3 Å². The van der Waals surface area contributed by atoms with Crippen molar-refractivity contribution in [2.45, 2.75) is 6.42 Å². The van der Waals surface area contributed by atoms with Crippen molar-refractivity contribution in [3.05, 3.63) is 59.1 Å². The van der Waals surface area contributed by atoms with Gasteiger partial charge < -0.3 is 15.4 Å². The zero-order chi connectivity index (χ0) is 18.2. The number of anilines is 2. The van der Waals surface area contributed by atoms with Gasteiger partial charge in [-0.05, 0) is 30.3 Å². The Morgan fingerprint density at radius 3 is 2.56 bits per heavy atom. The average Bonchev–Trinajstić information content (AvgIpc) is 2.61. The maximum absolute atomic E-state index is 12.4. The number of carbonyl (C=O) groups excluding carboxylic acids is 2. The first-order valence-electron chi connectivity index (χ1n) is 7.47. The van der Waals surface area contributed by atoms with Crippen LogP contribution in [0.4, 0.5) is 11.4 Å². The van der Waals surface area contributed by atoms with E-state index < -0.39 is 18.5 Å². The van der Waals surface area contributed by atoms with E-state index >= 15 is 0 Å². The van der Waals surface area contributed by atoms with Crippen LogP contribution in [-0.2, 0) is 9.53 Å². The van der Waals surface area contributed by atoms with Crippen LogP contribution >= 0.6 is 11.6 Å². The van der Waals surface area contributed by atoms with Crippen molar-refractivity contribution in [1.29, 1.82) is 5.26 Å². The highest BCUT2D eigenvalue weighted by atomic mass is 35.5. The number of nitrogens with zero attached hydrogens (tertiary/aromatic N) is 2. The molecule has 2 N–H and O–H groups in total. The molecule has 2 aromatic carbocycles.